The number of amides is 1. The van der Waals surface area contributed by atoms with Gasteiger partial charge in [-0.3, -0.25) is 9.48 Å². The molecule has 1 amide bonds. The molecule has 0 N–H and O–H groups in total. The smallest absolute Gasteiger partial charge is 0.267 e. The van der Waals surface area contributed by atoms with Gasteiger partial charge in [0.2, 0.25) is 6.10 Å². The van der Waals surface area contributed by atoms with Crippen LogP contribution >= 0.6 is 0 Å². The first-order chi connectivity index (χ1) is 11.3. The van der Waals surface area contributed by atoms with Crippen LogP contribution in [0.25, 0.3) is 0 Å². The van der Waals surface area contributed by atoms with Gasteiger partial charge in [0.25, 0.3) is 5.91 Å². The van der Waals surface area contributed by atoms with Crippen molar-refractivity contribution in [1.82, 2.24) is 14.7 Å². The maximum Gasteiger partial charge on any atom is 0.267 e. The van der Waals surface area contributed by atoms with Crippen LogP contribution in [0.3, 0.4) is 0 Å². The second kappa shape index (κ2) is 5.95. The number of ether oxygens (including phenoxy) is 2. The Morgan fingerprint density at radius 2 is 2.13 bits per heavy atom. The maximum absolute atomic E-state index is 12.8. The van der Waals surface area contributed by atoms with Crippen LogP contribution in [0.2, 0.25) is 0 Å². The van der Waals surface area contributed by atoms with E-state index in [1.165, 1.54) is 0 Å². The Bertz CT molecular complexity index is 686. The van der Waals surface area contributed by atoms with E-state index in [1.54, 1.807) is 6.20 Å². The summed E-state index contributed by atoms with van der Waals surface area (Å²) in [5.41, 5.74) is 0. The van der Waals surface area contributed by atoms with Crippen LogP contribution in [-0.4, -0.2) is 45.9 Å². The van der Waals surface area contributed by atoms with Gasteiger partial charge in [-0.15, -0.1) is 0 Å². The third-order valence-electron chi connectivity index (χ3n) is 4.40. The lowest BCUT2D eigenvalue weighted by Crippen LogP contribution is -2.49. The molecule has 1 aromatic heterocycles. The first kappa shape index (κ1) is 14.1. The van der Waals surface area contributed by atoms with Gasteiger partial charge in [-0.05, 0) is 31.0 Å². The van der Waals surface area contributed by atoms with Crippen LogP contribution in [0.5, 0.6) is 11.5 Å². The van der Waals surface area contributed by atoms with E-state index in [9.17, 15) is 4.79 Å². The molecule has 23 heavy (non-hydrogen) atoms. The number of fused-ring (bicyclic) bond motifs is 1. The highest BCUT2D eigenvalue weighted by atomic mass is 16.6. The van der Waals surface area contributed by atoms with E-state index in [1.807, 2.05) is 46.1 Å². The lowest BCUT2D eigenvalue weighted by molar-refractivity contribution is -0.142. The molecule has 2 aliphatic rings. The molecule has 4 rings (SSSR count). The van der Waals surface area contributed by atoms with Crippen molar-refractivity contribution in [3.8, 4) is 11.5 Å². The number of hydrogen-bond acceptors (Lipinski definition) is 4. The van der Waals surface area contributed by atoms with Gasteiger partial charge in [0.15, 0.2) is 11.5 Å². The van der Waals surface area contributed by atoms with Crippen molar-refractivity contribution in [3.05, 3.63) is 42.7 Å². The topological polar surface area (TPSA) is 56.6 Å². The molecule has 2 unspecified atom stereocenters. The van der Waals surface area contributed by atoms with Gasteiger partial charge < -0.3 is 14.4 Å². The number of hydrogen-bond donors (Lipinski definition) is 0. The van der Waals surface area contributed by atoms with Gasteiger partial charge in [0.1, 0.15) is 6.61 Å². The Balaban J connectivity index is 1.46. The van der Waals surface area contributed by atoms with Crippen molar-refractivity contribution >= 4 is 5.91 Å². The van der Waals surface area contributed by atoms with Gasteiger partial charge in [0.05, 0.1) is 12.6 Å². The molecule has 6 heteroatoms. The molecule has 2 aromatic rings. The number of carbonyl (C=O) groups is 1. The van der Waals surface area contributed by atoms with Crippen LogP contribution in [0.1, 0.15) is 12.8 Å². The van der Waals surface area contributed by atoms with E-state index in [0.717, 1.165) is 25.9 Å². The SMILES string of the molecule is O=C(C1COc2ccccc2O1)N1CCCC1Cn1cccn1. The Morgan fingerprint density at radius 3 is 2.96 bits per heavy atom. The zero-order chi connectivity index (χ0) is 15.6. The Morgan fingerprint density at radius 1 is 1.26 bits per heavy atom. The molecule has 0 spiro atoms. The molecule has 1 aromatic carbocycles. The molecule has 120 valence electrons. The van der Waals surface area contributed by atoms with Crippen LogP contribution in [-0.2, 0) is 11.3 Å². The Hall–Kier alpha value is -2.50. The van der Waals surface area contributed by atoms with Crippen molar-refractivity contribution in [2.24, 2.45) is 0 Å². The van der Waals surface area contributed by atoms with E-state index >= 15 is 0 Å². The first-order valence-corrected chi connectivity index (χ1v) is 7.97. The number of nitrogens with zero attached hydrogens (tertiary/aromatic N) is 3. The molecule has 2 atom stereocenters. The third kappa shape index (κ3) is 2.76. The van der Waals surface area contributed by atoms with E-state index in [4.69, 9.17) is 9.47 Å². The fourth-order valence-corrected chi connectivity index (χ4v) is 3.27. The summed E-state index contributed by atoms with van der Waals surface area (Å²) in [7, 11) is 0. The number of carbonyl (C=O) groups excluding carboxylic acids is 1. The van der Waals surface area contributed by atoms with Crippen molar-refractivity contribution in [3.63, 3.8) is 0 Å². The number of para-hydroxylation sites is 2. The number of benzene rings is 1. The van der Waals surface area contributed by atoms with Crippen molar-refractivity contribution in [2.45, 2.75) is 31.5 Å². The van der Waals surface area contributed by atoms with Gasteiger partial charge in [-0.1, -0.05) is 12.1 Å². The molecule has 0 saturated carbocycles. The predicted octanol–water partition coefficient (Wildman–Crippen LogP) is 1.71. The molecule has 0 aliphatic carbocycles. The number of aromatic nitrogens is 2. The van der Waals surface area contributed by atoms with E-state index in [0.29, 0.717) is 11.5 Å². The lowest BCUT2D eigenvalue weighted by Gasteiger charge is -2.31. The average molecular weight is 313 g/mol. The van der Waals surface area contributed by atoms with Gasteiger partial charge in [0, 0.05) is 18.9 Å². The molecule has 0 radical (unpaired) electrons. The van der Waals surface area contributed by atoms with Gasteiger partial charge in [-0.2, -0.15) is 5.10 Å². The Labute approximate surface area is 134 Å². The van der Waals surface area contributed by atoms with E-state index in [-0.39, 0.29) is 18.6 Å². The highest BCUT2D eigenvalue weighted by Gasteiger charge is 2.36. The summed E-state index contributed by atoms with van der Waals surface area (Å²) in [6.07, 6.45) is 5.13. The standard InChI is InChI=1S/C17H19N3O3/c21-17(16-12-22-14-6-1-2-7-15(14)23-16)20-10-3-5-13(20)11-19-9-4-8-18-19/h1-2,4,6-9,13,16H,3,5,10-12H2. The summed E-state index contributed by atoms with van der Waals surface area (Å²) in [4.78, 5) is 14.8. The third-order valence-corrected chi connectivity index (χ3v) is 4.40. The van der Waals surface area contributed by atoms with Crippen LogP contribution < -0.4 is 9.47 Å². The Kier molecular flexibility index (Phi) is 3.65. The van der Waals surface area contributed by atoms with E-state index in [2.05, 4.69) is 5.10 Å². The summed E-state index contributed by atoms with van der Waals surface area (Å²) in [5, 5.41) is 4.24. The first-order valence-electron chi connectivity index (χ1n) is 7.97. The molecular weight excluding hydrogens is 294 g/mol. The normalized spacial score (nSPS) is 23.0. The number of likely N-dealkylation sites (tertiary alicyclic amines) is 1. The van der Waals surface area contributed by atoms with Crippen LogP contribution in [0.15, 0.2) is 42.7 Å². The fraction of sp³-hybridized carbons (Fsp3) is 0.412. The molecule has 1 fully saturated rings. The van der Waals surface area contributed by atoms with E-state index < -0.39 is 6.10 Å². The van der Waals surface area contributed by atoms with Crippen LogP contribution in [0.4, 0.5) is 0 Å². The molecule has 0 bridgehead atoms. The average Bonchev–Trinajstić information content (AvgIpc) is 3.26. The monoisotopic (exact) mass is 313 g/mol. The van der Waals surface area contributed by atoms with Crippen molar-refractivity contribution < 1.29 is 14.3 Å². The highest BCUT2D eigenvalue weighted by molar-refractivity contribution is 5.82. The zero-order valence-corrected chi connectivity index (χ0v) is 12.8. The van der Waals surface area contributed by atoms with Crippen molar-refractivity contribution in [1.29, 1.82) is 0 Å². The predicted molar refractivity (Wildman–Crippen MR) is 83.3 cm³/mol. The molecule has 3 heterocycles. The second-order valence-corrected chi connectivity index (χ2v) is 5.92. The minimum Gasteiger partial charge on any atom is -0.485 e. The van der Waals surface area contributed by atoms with Gasteiger partial charge in [-0.25, -0.2) is 0 Å². The summed E-state index contributed by atoms with van der Waals surface area (Å²) in [5.74, 6) is 1.35. The lowest BCUT2D eigenvalue weighted by atomic mass is 10.2. The van der Waals surface area contributed by atoms with Gasteiger partial charge >= 0.3 is 0 Å². The zero-order valence-electron chi connectivity index (χ0n) is 12.8. The molecule has 6 nitrogen and oxygen atoms in total. The molecule has 2 aliphatic heterocycles. The largest absolute Gasteiger partial charge is 0.485 e. The minimum atomic E-state index is -0.567. The summed E-state index contributed by atoms with van der Waals surface area (Å²) >= 11 is 0. The molecule has 1 saturated heterocycles. The summed E-state index contributed by atoms with van der Waals surface area (Å²) in [6.45, 7) is 1.76. The molecular formula is C17H19N3O3. The fourth-order valence-electron chi connectivity index (χ4n) is 3.27. The minimum absolute atomic E-state index is 0.00848. The highest BCUT2D eigenvalue weighted by Crippen LogP contribution is 2.32. The second-order valence-electron chi connectivity index (χ2n) is 5.92. The maximum atomic E-state index is 12.8. The quantitative estimate of drug-likeness (QED) is 0.866. The number of rotatable bonds is 3. The van der Waals surface area contributed by atoms with Crippen LogP contribution in [0, 0.1) is 0 Å². The summed E-state index contributed by atoms with van der Waals surface area (Å²) < 4.78 is 13.4. The summed E-state index contributed by atoms with van der Waals surface area (Å²) in [6, 6.07) is 9.53. The van der Waals surface area contributed by atoms with Crippen molar-refractivity contribution in [2.75, 3.05) is 13.2 Å².